The van der Waals surface area contributed by atoms with Crippen molar-refractivity contribution in [1.82, 2.24) is 10.2 Å². The van der Waals surface area contributed by atoms with Crippen molar-refractivity contribution in [2.45, 2.75) is 36.7 Å². The normalized spacial score (nSPS) is 20.5. The zero-order valence-corrected chi connectivity index (χ0v) is 14.5. The quantitative estimate of drug-likeness (QED) is 0.749. The maximum Gasteiger partial charge on any atom is 0.317 e. The van der Waals surface area contributed by atoms with Crippen LogP contribution >= 0.6 is 0 Å². The van der Waals surface area contributed by atoms with Crippen LogP contribution in [0.3, 0.4) is 0 Å². The lowest BCUT2D eigenvalue weighted by atomic mass is 9.85. The number of likely N-dealkylation sites (N-methyl/N-ethyl adjacent to an activating group) is 1. The average molecular weight is 354 g/mol. The van der Waals surface area contributed by atoms with Gasteiger partial charge in [0.25, 0.3) is 5.91 Å². The van der Waals surface area contributed by atoms with Crippen molar-refractivity contribution < 1.29 is 23.1 Å². The summed E-state index contributed by atoms with van der Waals surface area (Å²) in [5.41, 5.74) is 0.140. The second-order valence-electron chi connectivity index (χ2n) is 6.02. The van der Waals surface area contributed by atoms with E-state index in [1.54, 1.807) is 12.1 Å². The number of carboxylic acid groups (broad SMARTS) is 1. The van der Waals surface area contributed by atoms with Crippen LogP contribution in [0.5, 0.6) is 0 Å². The smallest absolute Gasteiger partial charge is 0.317 e. The fourth-order valence-electron chi connectivity index (χ4n) is 2.92. The highest BCUT2D eigenvalue weighted by Gasteiger charge is 2.35. The van der Waals surface area contributed by atoms with E-state index >= 15 is 0 Å². The van der Waals surface area contributed by atoms with Crippen molar-refractivity contribution in [3.05, 3.63) is 29.8 Å². The number of carbonyl (C=O) groups is 2. The van der Waals surface area contributed by atoms with Gasteiger partial charge in [0.2, 0.25) is 0 Å². The molecule has 0 bridgehead atoms. The summed E-state index contributed by atoms with van der Waals surface area (Å²) in [6.45, 7) is 2.52. The van der Waals surface area contributed by atoms with Gasteiger partial charge in [-0.1, -0.05) is 19.1 Å². The van der Waals surface area contributed by atoms with Crippen LogP contribution in [-0.4, -0.2) is 61.7 Å². The first-order valence-electron chi connectivity index (χ1n) is 7.78. The van der Waals surface area contributed by atoms with Crippen LogP contribution in [0.15, 0.2) is 29.2 Å². The molecule has 0 aliphatic heterocycles. The van der Waals surface area contributed by atoms with E-state index in [1.165, 1.54) is 12.1 Å². The number of rotatable bonds is 7. The fraction of sp³-hybridized carbons (Fsp3) is 0.500. The molecule has 2 N–H and O–H groups in total. The third-order valence-electron chi connectivity index (χ3n) is 4.24. The van der Waals surface area contributed by atoms with Crippen molar-refractivity contribution in [2.75, 3.05) is 19.3 Å². The highest BCUT2D eigenvalue weighted by Crippen LogP contribution is 2.26. The summed E-state index contributed by atoms with van der Waals surface area (Å²) in [7, 11) is -3.48. The first kappa shape index (κ1) is 18.4. The minimum atomic E-state index is -3.48. The van der Waals surface area contributed by atoms with Gasteiger partial charge in [-0.15, -0.1) is 0 Å². The first-order valence-corrected chi connectivity index (χ1v) is 9.67. The van der Waals surface area contributed by atoms with Crippen LogP contribution in [0.1, 0.15) is 30.1 Å². The number of aliphatic carboxylic acids is 1. The number of carbonyl (C=O) groups excluding carboxylic acids is 1. The number of sulfone groups is 1. The monoisotopic (exact) mass is 354 g/mol. The molecule has 0 heterocycles. The predicted molar refractivity (Wildman–Crippen MR) is 88.7 cm³/mol. The molecule has 0 saturated heterocycles. The van der Waals surface area contributed by atoms with Gasteiger partial charge in [0, 0.05) is 18.3 Å². The Labute approximate surface area is 141 Å². The Bertz CT molecular complexity index is 726. The molecule has 1 amide bonds. The Hall–Kier alpha value is -1.93. The summed E-state index contributed by atoms with van der Waals surface area (Å²) in [5, 5.41) is 11.7. The number of carboxylic acids is 1. The maximum absolute atomic E-state index is 12.4. The molecule has 0 atom stereocenters. The minimum Gasteiger partial charge on any atom is -0.480 e. The van der Waals surface area contributed by atoms with Crippen LogP contribution in [0, 0.1) is 0 Å². The van der Waals surface area contributed by atoms with Gasteiger partial charge in [0.1, 0.15) is 0 Å². The molecular formula is C16H22N2O5S. The second-order valence-corrected chi connectivity index (χ2v) is 8.00. The summed E-state index contributed by atoms with van der Waals surface area (Å²) in [6, 6.07) is 6.17. The van der Waals surface area contributed by atoms with Crippen molar-refractivity contribution in [1.29, 1.82) is 0 Å². The maximum atomic E-state index is 12.4. The number of benzene rings is 1. The molecule has 0 radical (unpaired) electrons. The van der Waals surface area contributed by atoms with Gasteiger partial charge < -0.3 is 10.4 Å². The number of amides is 1. The standard InChI is InChI=1S/C16H22N2O5S/c1-3-18(10-15(19)20)12-8-11(9-12)17-16(21)13-6-4-5-7-14(13)24(2,22)23/h4-7,11-12H,3,8-10H2,1-2H3,(H,17,21)(H,19,20). The fourth-order valence-corrected chi connectivity index (χ4v) is 3.80. The van der Waals surface area contributed by atoms with Gasteiger partial charge in [-0.05, 0) is 31.5 Å². The highest BCUT2D eigenvalue weighted by molar-refractivity contribution is 7.90. The SMILES string of the molecule is CCN(CC(=O)O)C1CC(NC(=O)c2ccccc2S(C)(=O)=O)C1. The summed E-state index contributed by atoms with van der Waals surface area (Å²) in [4.78, 5) is 25.0. The van der Waals surface area contributed by atoms with Crippen LogP contribution in [0.25, 0.3) is 0 Å². The van der Waals surface area contributed by atoms with E-state index < -0.39 is 21.7 Å². The van der Waals surface area contributed by atoms with Crippen LogP contribution in [0.4, 0.5) is 0 Å². The second kappa shape index (κ2) is 7.31. The molecule has 1 aromatic rings. The zero-order valence-electron chi connectivity index (χ0n) is 13.7. The van der Waals surface area contributed by atoms with Crippen molar-refractivity contribution >= 4 is 21.7 Å². The number of hydrogen-bond acceptors (Lipinski definition) is 5. The number of nitrogens with one attached hydrogen (secondary N) is 1. The molecule has 8 heteroatoms. The van der Waals surface area contributed by atoms with Gasteiger partial charge >= 0.3 is 5.97 Å². The van der Waals surface area contributed by atoms with Crippen molar-refractivity contribution in [3.63, 3.8) is 0 Å². The van der Waals surface area contributed by atoms with Gasteiger partial charge in [0.05, 0.1) is 17.0 Å². The highest BCUT2D eigenvalue weighted by atomic mass is 32.2. The molecule has 1 aliphatic carbocycles. The molecule has 24 heavy (non-hydrogen) atoms. The molecule has 2 rings (SSSR count). The summed E-state index contributed by atoms with van der Waals surface area (Å²) < 4.78 is 23.5. The van der Waals surface area contributed by atoms with Gasteiger partial charge in [-0.2, -0.15) is 0 Å². The molecule has 1 aliphatic rings. The van der Waals surface area contributed by atoms with E-state index in [0.717, 1.165) is 6.26 Å². The summed E-state index contributed by atoms with van der Waals surface area (Å²) in [6.07, 6.45) is 2.39. The van der Waals surface area contributed by atoms with Crippen molar-refractivity contribution in [3.8, 4) is 0 Å². The van der Waals surface area contributed by atoms with E-state index in [2.05, 4.69) is 5.32 Å². The molecule has 0 unspecified atom stereocenters. The molecule has 1 aromatic carbocycles. The molecule has 132 valence electrons. The van der Waals surface area contributed by atoms with Crippen LogP contribution < -0.4 is 5.32 Å². The predicted octanol–water partition coefficient (Wildman–Crippen LogP) is 0.757. The topological polar surface area (TPSA) is 104 Å². The Morgan fingerprint density at radius 2 is 1.92 bits per heavy atom. The Morgan fingerprint density at radius 1 is 1.29 bits per heavy atom. The number of nitrogens with zero attached hydrogens (tertiary/aromatic N) is 1. The number of hydrogen-bond donors (Lipinski definition) is 2. The molecule has 0 spiro atoms. The summed E-state index contributed by atoms with van der Waals surface area (Å²) >= 11 is 0. The van der Waals surface area contributed by atoms with E-state index in [-0.39, 0.29) is 29.1 Å². The van der Waals surface area contributed by atoms with Crippen LogP contribution in [0.2, 0.25) is 0 Å². The third kappa shape index (κ3) is 4.33. The lowest BCUT2D eigenvalue weighted by Gasteiger charge is -2.42. The third-order valence-corrected chi connectivity index (χ3v) is 5.40. The van der Waals surface area contributed by atoms with E-state index in [9.17, 15) is 18.0 Å². The van der Waals surface area contributed by atoms with E-state index in [4.69, 9.17) is 5.11 Å². The van der Waals surface area contributed by atoms with Crippen molar-refractivity contribution in [2.24, 2.45) is 0 Å². The van der Waals surface area contributed by atoms with Gasteiger partial charge in [-0.25, -0.2) is 8.42 Å². The lowest BCUT2D eigenvalue weighted by Crippen LogP contribution is -2.54. The van der Waals surface area contributed by atoms with Gasteiger partial charge in [-0.3, -0.25) is 14.5 Å². The Balaban J connectivity index is 1.98. The summed E-state index contributed by atoms with van der Waals surface area (Å²) in [5.74, 6) is -1.29. The molecular weight excluding hydrogens is 332 g/mol. The Kier molecular flexibility index (Phi) is 5.61. The Morgan fingerprint density at radius 3 is 2.46 bits per heavy atom. The molecule has 0 aromatic heterocycles. The van der Waals surface area contributed by atoms with Crippen LogP contribution in [-0.2, 0) is 14.6 Å². The molecule has 7 nitrogen and oxygen atoms in total. The van der Waals surface area contributed by atoms with E-state index in [0.29, 0.717) is 19.4 Å². The average Bonchev–Trinajstić information content (AvgIpc) is 2.47. The molecule has 1 fully saturated rings. The van der Waals surface area contributed by atoms with E-state index in [1.807, 2.05) is 11.8 Å². The zero-order chi connectivity index (χ0) is 17.9. The first-order chi connectivity index (χ1) is 11.2. The largest absolute Gasteiger partial charge is 0.480 e. The molecule has 1 saturated carbocycles. The van der Waals surface area contributed by atoms with Gasteiger partial charge in [0.15, 0.2) is 9.84 Å². The minimum absolute atomic E-state index is 0.0134. The lowest BCUT2D eigenvalue weighted by molar-refractivity contribution is -0.139.